The number of nitrogens with one attached hydrogen (secondary N) is 2. The van der Waals surface area contributed by atoms with Gasteiger partial charge >= 0.3 is 0 Å². The monoisotopic (exact) mass is 183 g/mol. The van der Waals surface area contributed by atoms with Crippen LogP contribution >= 0.6 is 0 Å². The number of carbonyl (C=O) groups is 2. The van der Waals surface area contributed by atoms with E-state index < -0.39 is 11.8 Å². The predicted molar refractivity (Wildman–Crippen MR) is 45.9 cm³/mol. The van der Waals surface area contributed by atoms with E-state index >= 15 is 0 Å². The van der Waals surface area contributed by atoms with Gasteiger partial charge in [-0.3, -0.25) is 20.4 Å². The van der Waals surface area contributed by atoms with Crippen LogP contribution in [-0.2, 0) is 9.59 Å². The lowest BCUT2D eigenvalue weighted by atomic mass is 10.2. The lowest BCUT2D eigenvalue weighted by molar-refractivity contribution is -0.131. The molecule has 0 spiro atoms. The Morgan fingerprint density at radius 2 is 1.62 bits per heavy atom. The third kappa shape index (κ3) is 4.11. The number of hydrazine groups is 1. The zero-order chi connectivity index (χ0) is 10.4. The quantitative estimate of drug-likeness (QED) is 0.589. The van der Waals surface area contributed by atoms with Crippen molar-refractivity contribution in [1.29, 1.82) is 5.26 Å². The van der Waals surface area contributed by atoms with Gasteiger partial charge in [0.05, 0.1) is 6.07 Å². The van der Waals surface area contributed by atoms with Gasteiger partial charge in [-0.25, -0.2) is 0 Å². The maximum absolute atomic E-state index is 11.0. The lowest BCUT2D eigenvalue weighted by Crippen LogP contribution is -2.45. The molecule has 0 saturated heterocycles. The summed E-state index contributed by atoms with van der Waals surface area (Å²) in [5, 5.41) is 8.36. The van der Waals surface area contributed by atoms with Crippen molar-refractivity contribution in [2.75, 3.05) is 0 Å². The van der Waals surface area contributed by atoms with Gasteiger partial charge in [-0.1, -0.05) is 13.8 Å². The van der Waals surface area contributed by atoms with E-state index in [9.17, 15) is 9.59 Å². The largest absolute Gasteiger partial charge is 0.273 e. The fraction of sp³-hybridized carbons (Fsp3) is 0.625. The molecule has 0 bridgehead atoms. The van der Waals surface area contributed by atoms with E-state index in [1.165, 1.54) is 6.92 Å². The van der Waals surface area contributed by atoms with Gasteiger partial charge in [-0.15, -0.1) is 0 Å². The highest BCUT2D eigenvalue weighted by Gasteiger charge is 2.13. The molecule has 0 aliphatic rings. The second kappa shape index (κ2) is 5.14. The molecule has 0 radical (unpaired) electrons. The van der Waals surface area contributed by atoms with Crippen LogP contribution in [0.25, 0.3) is 0 Å². The van der Waals surface area contributed by atoms with Crippen molar-refractivity contribution < 1.29 is 9.59 Å². The molecule has 2 amide bonds. The van der Waals surface area contributed by atoms with Crippen LogP contribution in [0.4, 0.5) is 0 Å². The molecule has 0 heterocycles. The summed E-state index contributed by atoms with van der Waals surface area (Å²) in [6.07, 6.45) is 0. The van der Waals surface area contributed by atoms with Crippen molar-refractivity contribution in [2.45, 2.75) is 20.8 Å². The second-order valence-electron chi connectivity index (χ2n) is 2.98. The van der Waals surface area contributed by atoms with Gasteiger partial charge in [-0.05, 0) is 6.92 Å². The van der Waals surface area contributed by atoms with Crippen LogP contribution in [0.5, 0.6) is 0 Å². The molecular weight excluding hydrogens is 170 g/mol. The van der Waals surface area contributed by atoms with Crippen LogP contribution in [-0.4, -0.2) is 11.8 Å². The number of nitrogens with zero attached hydrogens (tertiary/aromatic N) is 1. The molecular formula is C8H13N3O2. The standard InChI is InChI=1S/C8H13N3O2/c1-5(2)7(12)10-11-8(13)6(3)4-9/h5-6H,1-3H3,(H,10,12)(H,11,13). The van der Waals surface area contributed by atoms with E-state index in [2.05, 4.69) is 10.9 Å². The molecule has 0 rings (SSSR count). The van der Waals surface area contributed by atoms with Crippen LogP contribution in [0.3, 0.4) is 0 Å². The minimum absolute atomic E-state index is 0.197. The van der Waals surface area contributed by atoms with Crippen molar-refractivity contribution in [3.63, 3.8) is 0 Å². The molecule has 13 heavy (non-hydrogen) atoms. The molecule has 1 unspecified atom stereocenters. The van der Waals surface area contributed by atoms with E-state index in [4.69, 9.17) is 5.26 Å². The molecule has 0 aliphatic heterocycles. The summed E-state index contributed by atoms with van der Waals surface area (Å²) in [6, 6.07) is 1.75. The molecule has 0 fully saturated rings. The first-order valence-electron chi connectivity index (χ1n) is 3.98. The van der Waals surface area contributed by atoms with Crippen LogP contribution in [0.15, 0.2) is 0 Å². The highest BCUT2D eigenvalue weighted by Crippen LogP contribution is 1.91. The summed E-state index contributed by atoms with van der Waals surface area (Å²) in [5.41, 5.74) is 4.36. The van der Waals surface area contributed by atoms with Crippen LogP contribution in [0.2, 0.25) is 0 Å². The third-order valence-electron chi connectivity index (χ3n) is 1.42. The van der Waals surface area contributed by atoms with Gasteiger partial charge < -0.3 is 0 Å². The van der Waals surface area contributed by atoms with E-state index in [0.29, 0.717) is 0 Å². The molecule has 5 nitrogen and oxygen atoms in total. The topological polar surface area (TPSA) is 82.0 Å². The molecule has 2 N–H and O–H groups in total. The van der Waals surface area contributed by atoms with Crippen molar-refractivity contribution in [3.8, 4) is 6.07 Å². The summed E-state index contributed by atoms with van der Waals surface area (Å²) >= 11 is 0. The zero-order valence-electron chi connectivity index (χ0n) is 7.92. The number of rotatable bonds is 2. The molecule has 0 aromatic heterocycles. The predicted octanol–water partition coefficient (Wildman–Crippen LogP) is -0.0505. The fourth-order valence-corrected chi connectivity index (χ4v) is 0.434. The van der Waals surface area contributed by atoms with Gasteiger partial charge in [0, 0.05) is 5.92 Å². The Morgan fingerprint density at radius 1 is 1.15 bits per heavy atom. The van der Waals surface area contributed by atoms with E-state index in [0.717, 1.165) is 0 Å². The number of carbonyl (C=O) groups excluding carboxylic acids is 2. The molecule has 0 aromatic rings. The first-order valence-corrected chi connectivity index (χ1v) is 3.98. The number of amides is 2. The van der Waals surface area contributed by atoms with Gasteiger partial charge in [0.25, 0.3) is 5.91 Å². The highest BCUT2D eigenvalue weighted by atomic mass is 16.2. The molecule has 0 saturated carbocycles. The molecule has 72 valence electrons. The van der Waals surface area contributed by atoms with E-state index in [-0.39, 0.29) is 11.8 Å². The van der Waals surface area contributed by atoms with E-state index in [1.54, 1.807) is 19.9 Å². The van der Waals surface area contributed by atoms with Gasteiger partial charge in [-0.2, -0.15) is 5.26 Å². The van der Waals surface area contributed by atoms with Crippen LogP contribution in [0, 0.1) is 23.2 Å². The zero-order valence-corrected chi connectivity index (χ0v) is 7.92. The Bertz CT molecular complexity index is 242. The minimum Gasteiger partial charge on any atom is -0.273 e. The Labute approximate surface area is 77.1 Å². The summed E-state index contributed by atoms with van der Waals surface area (Å²) in [6.45, 7) is 4.86. The average molecular weight is 183 g/mol. The first-order chi connectivity index (χ1) is 5.99. The second-order valence-corrected chi connectivity index (χ2v) is 2.98. The molecule has 1 atom stereocenters. The molecule has 0 aliphatic carbocycles. The normalized spacial score (nSPS) is 11.6. The third-order valence-corrected chi connectivity index (χ3v) is 1.42. The number of hydrogen-bond donors (Lipinski definition) is 2. The van der Waals surface area contributed by atoms with Crippen molar-refractivity contribution in [2.24, 2.45) is 11.8 Å². The highest BCUT2D eigenvalue weighted by molar-refractivity contribution is 5.85. The summed E-state index contributed by atoms with van der Waals surface area (Å²) in [4.78, 5) is 21.9. The van der Waals surface area contributed by atoms with Gasteiger partial charge in [0.1, 0.15) is 5.92 Å². The van der Waals surface area contributed by atoms with Crippen LogP contribution < -0.4 is 10.9 Å². The van der Waals surface area contributed by atoms with Crippen molar-refractivity contribution in [3.05, 3.63) is 0 Å². The number of nitriles is 1. The van der Waals surface area contributed by atoms with E-state index in [1.807, 2.05) is 0 Å². The summed E-state index contributed by atoms with van der Waals surface area (Å²) in [7, 11) is 0. The smallest absolute Gasteiger partial charge is 0.255 e. The molecule has 5 heteroatoms. The van der Waals surface area contributed by atoms with Crippen molar-refractivity contribution in [1.82, 2.24) is 10.9 Å². The number of hydrogen-bond acceptors (Lipinski definition) is 3. The van der Waals surface area contributed by atoms with Crippen molar-refractivity contribution >= 4 is 11.8 Å². The average Bonchev–Trinajstić information content (AvgIpc) is 2.11. The Hall–Kier alpha value is -1.57. The first kappa shape index (κ1) is 11.4. The van der Waals surface area contributed by atoms with Gasteiger partial charge in [0.2, 0.25) is 5.91 Å². The SMILES string of the molecule is CC(C)C(=O)NNC(=O)C(C)C#N. The maximum atomic E-state index is 11.0. The Morgan fingerprint density at radius 3 is 2.00 bits per heavy atom. The minimum atomic E-state index is -0.757. The Balaban J connectivity index is 3.85. The summed E-state index contributed by atoms with van der Waals surface area (Å²) < 4.78 is 0. The molecule has 0 aromatic carbocycles. The van der Waals surface area contributed by atoms with Crippen LogP contribution in [0.1, 0.15) is 20.8 Å². The Kier molecular flexibility index (Phi) is 4.52. The summed E-state index contributed by atoms with van der Waals surface area (Å²) in [5.74, 6) is -1.74. The van der Waals surface area contributed by atoms with Gasteiger partial charge in [0.15, 0.2) is 0 Å². The maximum Gasteiger partial charge on any atom is 0.255 e. The lowest BCUT2D eigenvalue weighted by Gasteiger charge is -2.09. The fourth-order valence-electron chi connectivity index (χ4n) is 0.434.